The number of carbonyl (C=O) groups is 1. The molecule has 0 aromatic rings. The van der Waals surface area contributed by atoms with Gasteiger partial charge in [-0.25, -0.2) is 0 Å². The van der Waals surface area contributed by atoms with E-state index in [0.717, 1.165) is 32.4 Å². The van der Waals surface area contributed by atoms with Gasteiger partial charge in [0.05, 0.1) is 6.54 Å². The van der Waals surface area contributed by atoms with Gasteiger partial charge in [0.1, 0.15) is 0 Å². The zero-order valence-corrected chi connectivity index (χ0v) is 8.68. The summed E-state index contributed by atoms with van der Waals surface area (Å²) in [5, 5.41) is 3.21. The minimum absolute atomic E-state index is 0.262. The summed E-state index contributed by atoms with van der Waals surface area (Å²) in [6.07, 6.45) is 3.36. The van der Waals surface area contributed by atoms with Crippen LogP contribution in [0, 0.1) is 0 Å². The van der Waals surface area contributed by atoms with Crippen LogP contribution >= 0.6 is 0 Å². The van der Waals surface area contributed by atoms with Gasteiger partial charge < -0.3 is 10.2 Å². The fraction of sp³-hybridized carbons (Fsp3) is 0.900. The number of rotatable bonds is 3. The average Bonchev–Trinajstić information content (AvgIpc) is 2.28. The smallest absolute Gasteiger partial charge is 0.236 e. The van der Waals surface area contributed by atoms with Gasteiger partial charge in [0.15, 0.2) is 0 Å². The number of amides is 1. The van der Waals surface area contributed by atoms with Crippen LogP contribution in [0.3, 0.4) is 0 Å². The molecule has 1 N–H and O–H groups in total. The molecule has 1 aliphatic rings. The SMILES string of the molecule is CCCCN1CCC(C)NCC1=O. The Hall–Kier alpha value is -0.570. The second kappa shape index (κ2) is 5.22. The quantitative estimate of drug-likeness (QED) is 0.709. The molecule has 13 heavy (non-hydrogen) atoms. The van der Waals surface area contributed by atoms with Crippen molar-refractivity contribution in [3.05, 3.63) is 0 Å². The lowest BCUT2D eigenvalue weighted by Crippen LogP contribution is -2.36. The molecule has 0 aliphatic carbocycles. The molecular formula is C10H20N2O. The van der Waals surface area contributed by atoms with Gasteiger partial charge in [-0.2, -0.15) is 0 Å². The molecule has 1 heterocycles. The lowest BCUT2D eigenvalue weighted by Gasteiger charge is -2.19. The maximum Gasteiger partial charge on any atom is 0.236 e. The number of carbonyl (C=O) groups excluding carboxylic acids is 1. The van der Waals surface area contributed by atoms with E-state index in [2.05, 4.69) is 19.2 Å². The first-order valence-electron chi connectivity index (χ1n) is 5.25. The first-order chi connectivity index (χ1) is 6.24. The minimum Gasteiger partial charge on any atom is -0.342 e. The summed E-state index contributed by atoms with van der Waals surface area (Å²) in [6, 6.07) is 0.482. The molecule has 0 bridgehead atoms. The van der Waals surface area contributed by atoms with Crippen LogP contribution in [0.4, 0.5) is 0 Å². The van der Waals surface area contributed by atoms with E-state index in [1.807, 2.05) is 4.90 Å². The lowest BCUT2D eigenvalue weighted by molar-refractivity contribution is -0.129. The van der Waals surface area contributed by atoms with E-state index in [1.54, 1.807) is 0 Å². The Morgan fingerprint density at radius 2 is 2.38 bits per heavy atom. The second-order valence-electron chi connectivity index (χ2n) is 3.80. The highest BCUT2D eigenvalue weighted by Crippen LogP contribution is 2.03. The third-order valence-electron chi connectivity index (χ3n) is 2.57. The monoisotopic (exact) mass is 184 g/mol. The van der Waals surface area contributed by atoms with Gasteiger partial charge in [-0.05, 0) is 19.8 Å². The predicted molar refractivity (Wildman–Crippen MR) is 53.6 cm³/mol. The normalized spacial score (nSPS) is 24.6. The van der Waals surface area contributed by atoms with Crippen LogP contribution in [0.25, 0.3) is 0 Å². The van der Waals surface area contributed by atoms with E-state index < -0.39 is 0 Å². The van der Waals surface area contributed by atoms with Gasteiger partial charge in [-0.3, -0.25) is 4.79 Å². The molecule has 1 fully saturated rings. The van der Waals surface area contributed by atoms with Gasteiger partial charge in [0.25, 0.3) is 0 Å². The van der Waals surface area contributed by atoms with Crippen molar-refractivity contribution in [2.75, 3.05) is 19.6 Å². The van der Waals surface area contributed by atoms with E-state index in [-0.39, 0.29) is 5.91 Å². The van der Waals surface area contributed by atoms with Crippen molar-refractivity contribution in [1.82, 2.24) is 10.2 Å². The van der Waals surface area contributed by atoms with Crippen LogP contribution in [0.5, 0.6) is 0 Å². The Morgan fingerprint density at radius 3 is 3.08 bits per heavy atom. The van der Waals surface area contributed by atoms with Crippen molar-refractivity contribution in [3.8, 4) is 0 Å². The Morgan fingerprint density at radius 1 is 1.62 bits per heavy atom. The highest BCUT2D eigenvalue weighted by molar-refractivity contribution is 5.78. The first-order valence-corrected chi connectivity index (χ1v) is 5.25. The molecule has 1 atom stereocenters. The van der Waals surface area contributed by atoms with Crippen LogP contribution < -0.4 is 5.32 Å². The molecule has 0 saturated carbocycles. The molecule has 1 unspecified atom stereocenters. The van der Waals surface area contributed by atoms with E-state index in [9.17, 15) is 4.79 Å². The van der Waals surface area contributed by atoms with E-state index in [4.69, 9.17) is 0 Å². The highest BCUT2D eigenvalue weighted by Gasteiger charge is 2.18. The second-order valence-corrected chi connectivity index (χ2v) is 3.80. The molecule has 1 rings (SSSR count). The topological polar surface area (TPSA) is 32.3 Å². The summed E-state index contributed by atoms with van der Waals surface area (Å²) in [4.78, 5) is 13.5. The third kappa shape index (κ3) is 3.35. The van der Waals surface area contributed by atoms with Gasteiger partial charge in [-0.15, -0.1) is 0 Å². The van der Waals surface area contributed by atoms with Crippen molar-refractivity contribution in [2.24, 2.45) is 0 Å². The first kappa shape index (κ1) is 10.5. The molecule has 1 saturated heterocycles. The molecule has 1 amide bonds. The van der Waals surface area contributed by atoms with E-state index >= 15 is 0 Å². The van der Waals surface area contributed by atoms with Crippen molar-refractivity contribution in [3.63, 3.8) is 0 Å². The zero-order chi connectivity index (χ0) is 9.68. The van der Waals surface area contributed by atoms with Crippen molar-refractivity contribution < 1.29 is 4.79 Å². The van der Waals surface area contributed by atoms with Gasteiger partial charge in [0.2, 0.25) is 5.91 Å². The van der Waals surface area contributed by atoms with Crippen molar-refractivity contribution >= 4 is 5.91 Å². The predicted octanol–water partition coefficient (Wildman–Crippen LogP) is 0.997. The van der Waals surface area contributed by atoms with Crippen LogP contribution in [0.1, 0.15) is 33.1 Å². The number of hydrogen-bond donors (Lipinski definition) is 1. The molecule has 1 aliphatic heterocycles. The van der Waals surface area contributed by atoms with Crippen LogP contribution in [0.2, 0.25) is 0 Å². The summed E-state index contributed by atoms with van der Waals surface area (Å²) in [6.45, 7) is 6.67. The Labute approximate surface area is 80.5 Å². The molecule has 0 spiro atoms. The van der Waals surface area contributed by atoms with E-state index in [1.165, 1.54) is 0 Å². The Kier molecular flexibility index (Phi) is 4.22. The fourth-order valence-electron chi connectivity index (χ4n) is 1.54. The summed E-state index contributed by atoms with van der Waals surface area (Å²) in [5.74, 6) is 0.262. The molecule has 0 aromatic carbocycles. The largest absolute Gasteiger partial charge is 0.342 e. The number of unbranched alkanes of at least 4 members (excludes halogenated alkanes) is 1. The fourth-order valence-corrected chi connectivity index (χ4v) is 1.54. The molecule has 0 aromatic heterocycles. The molecule has 3 heteroatoms. The zero-order valence-electron chi connectivity index (χ0n) is 8.68. The van der Waals surface area contributed by atoms with Crippen molar-refractivity contribution in [2.45, 2.75) is 39.2 Å². The molecule has 76 valence electrons. The Balaban J connectivity index is 2.38. The van der Waals surface area contributed by atoms with Gasteiger partial charge >= 0.3 is 0 Å². The Bertz CT molecular complexity index is 170. The number of nitrogens with one attached hydrogen (secondary N) is 1. The summed E-state index contributed by atoms with van der Waals surface area (Å²) in [5.41, 5.74) is 0. The summed E-state index contributed by atoms with van der Waals surface area (Å²) < 4.78 is 0. The lowest BCUT2D eigenvalue weighted by atomic mass is 10.2. The van der Waals surface area contributed by atoms with Gasteiger partial charge in [0, 0.05) is 19.1 Å². The maximum absolute atomic E-state index is 11.5. The minimum atomic E-state index is 0.262. The summed E-state index contributed by atoms with van der Waals surface area (Å²) in [7, 11) is 0. The van der Waals surface area contributed by atoms with Crippen LogP contribution in [0.15, 0.2) is 0 Å². The third-order valence-corrected chi connectivity index (χ3v) is 2.57. The van der Waals surface area contributed by atoms with Gasteiger partial charge in [-0.1, -0.05) is 13.3 Å². The highest BCUT2D eigenvalue weighted by atomic mass is 16.2. The number of nitrogens with zero attached hydrogens (tertiary/aromatic N) is 1. The summed E-state index contributed by atoms with van der Waals surface area (Å²) >= 11 is 0. The standard InChI is InChI=1S/C10H20N2O/c1-3-4-6-12-7-5-9(2)11-8-10(12)13/h9,11H,3-8H2,1-2H3. The van der Waals surface area contributed by atoms with Crippen molar-refractivity contribution in [1.29, 1.82) is 0 Å². The molecule has 3 nitrogen and oxygen atoms in total. The average molecular weight is 184 g/mol. The molecular weight excluding hydrogens is 164 g/mol. The van der Waals surface area contributed by atoms with Crippen LogP contribution in [-0.4, -0.2) is 36.5 Å². The molecule has 0 radical (unpaired) electrons. The van der Waals surface area contributed by atoms with E-state index in [0.29, 0.717) is 12.6 Å². The number of hydrogen-bond acceptors (Lipinski definition) is 2. The maximum atomic E-state index is 11.5. The van der Waals surface area contributed by atoms with Crippen LogP contribution in [-0.2, 0) is 4.79 Å².